The summed E-state index contributed by atoms with van der Waals surface area (Å²) in [6, 6.07) is 9.10. The number of hydrogen-bond acceptors (Lipinski definition) is 6. The normalized spacial score (nSPS) is 23.8. The van der Waals surface area contributed by atoms with E-state index in [0.717, 1.165) is 10.5 Å². The maximum atomic E-state index is 13.0. The van der Waals surface area contributed by atoms with Crippen molar-refractivity contribution in [1.82, 2.24) is 4.90 Å². The highest BCUT2D eigenvalue weighted by molar-refractivity contribution is 8.00. The lowest BCUT2D eigenvalue weighted by atomic mass is 9.81. The average Bonchev–Trinajstić information content (AvgIpc) is 2.65. The number of β-lactam (4-membered cyclic amide) rings is 1. The van der Waals surface area contributed by atoms with Gasteiger partial charge in [0.25, 0.3) is 0 Å². The molecule has 1 aromatic rings. The minimum atomic E-state index is -1.38. The number of benzene rings is 1. The zero-order valence-corrected chi connectivity index (χ0v) is 15.2. The standard InChI is InChI=1S/C17H16N4O5S/c1-10(22)26-8-12-9-27-16-17(19-20-18,7-11-5-3-2-4-6-11)15(25)21(16)13(12)14(23)24/h2-6,16H,7-9H2,1H3,(H,23,24)/t16-,17?/m1/s1. The zero-order chi connectivity index (χ0) is 19.6. The van der Waals surface area contributed by atoms with Gasteiger partial charge in [-0.2, -0.15) is 0 Å². The Kier molecular flexibility index (Phi) is 5.11. The van der Waals surface area contributed by atoms with Gasteiger partial charge in [-0.3, -0.25) is 14.5 Å². The van der Waals surface area contributed by atoms with Crippen molar-refractivity contribution < 1.29 is 24.2 Å². The van der Waals surface area contributed by atoms with Gasteiger partial charge in [0.1, 0.15) is 17.7 Å². The number of ether oxygens (including phenoxy) is 1. The quantitative estimate of drug-likeness (QED) is 0.261. The van der Waals surface area contributed by atoms with Gasteiger partial charge < -0.3 is 9.84 Å². The first-order valence-corrected chi connectivity index (χ1v) is 9.09. The second kappa shape index (κ2) is 7.34. The van der Waals surface area contributed by atoms with Gasteiger partial charge >= 0.3 is 11.9 Å². The van der Waals surface area contributed by atoms with E-state index in [9.17, 15) is 19.5 Å². The molecule has 3 rings (SSSR count). The van der Waals surface area contributed by atoms with E-state index in [1.54, 1.807) is 0 Å². The Hall–Kier alpha value is -2.97. The first-order chi connectivity index (χ1) is 12.9. The van der Waals surface area contributed by atoms with Gasteiger partial charge in [-0.15, -0.1) is 11.8 Å². The molecular formula is C17H16N4O5S. The number of carboxylic acids is 1. The molecule has 0 radical (unpaired) electrons. The molecule has 0 aromatic heterocycles. The Morgan fingerprint density at radius 2 is 2.15 bits per heavy atom. The maximum Gasteiger partial charge on any atom is 0.352 e. The van der Waals surface area contributed by atoms with Crippen LogP contribution in [0.5, 0.6) is 0 Å². The van der Waals surface area contributed by atoms with E-state index in [2.05, 4.69) is 10.0 Å². The van der Waals surface area contributed by atoms with Crippen LogP contribution in [0.4, 0.5) is 0 Å². The molecule has 2 aliphatic rings. The van der Waals surface area contributed by atoms with Crippen molar-refractivity contribution in [3.8, 4) is 0 Å². The first-order valence-electron chi connectivity index (χ1n) is 8.05. The highest BCUT2D eigenvalue weighted by atomic mass is 32.2. The summed E-state index contributed by atoms with van der Waals surface area (Å²) < 4.78 is 4.91. The number of aliphatic carboxylic acids is 1. The van der Waals surface area contributed by atoms with Crippen molar-refractivity contribution >= 4 is 29.6 Å². The van der Waals surface area contributed by atoms with E-state index in [0.29, 0.717) is 5.57 Å². The number of nitrogens with zero attached hydrogens (tertiary/aromatic N) is 4. The fourth-order valence-corrected chi connectivity index (χ4v) is 4.68. The molecule has 1 aromatic carbocycles. The highest BCUT2D eigenvalue weighted by Gasteiger charge is 2.64. The number of esters is 1. The number of carbonyl (C=O) groups is 3. The topological polar surface area (TPSA) is 133 Å². The number of thioether (sulfide) groups is 1. The van der Waals surface area contributed by atoms with Gasteiger partial charge in [-0.1, -0.05) is 35.4 Å². The number of fused-ring (bicyclic) bond motifs is 1. The Labute approximate surface area is 158 Å². The lowest BCUT2D eigenvalue weighted by molar-refractivity contribution is -0.154. The number of azide groups is 1. The molecule has 9 nitrogen and oxygen atoms in total. The third kappa shape index (κ3) is 3.24. The summed E-state index contributed by atoms with van der Waals surface area (Å²) in [5.41, 5.74) is 8.58. The van der Waals surface area contributed by atoms with Crippen molar-refractivity contribution in [2.75, 3.05) is 12.4 Å². The summed E-state index contributed by atoms with van der Waals surface area (Å²) >= 11 is 1.29. The van der Waals surface area contributed by atoms with E-state index in [-0.39, 0.29) is 24.5 Å². The second-order valence-electron chi connectivity index (χ2n) is 6.15. The third-order valence-corrected chi connectivity index (χ3v) is 5.85. The molecule has 0 bridgehead atoms. The van der Waals surface area contributed by atoms with Crippen LogP contribution in [0.15, 0.2) is 46.7 Å². The minimum Gasteiger partial charge on any atom is -0.477 e. The molecule has 27 heavy (non-hydrogen) atoms. The van der Waals surface area contributed by atoms with Gasteiger partial charge in [-0.25, -0.2) is 4.79 Å². The third-order valence-electron chi connectivity index (χ3n) is 4.42. The molecule has 1 fully saturated rings. The monoisotopic (exact) mass is 388 g/mol. The van der Waals surface area contributed by atoms with Crippen LogP contribution in [-0.2, 0) is 25.5 Å². The summed E-state index contributed by atoms with van der Waals surface area (Å²) in [5.74, 6) is -2.15. The summed E-state index contributed by atoms with van der Waals surface area (Å²) in [7, 11) is 0. The predicted molar refractivity (Wildman–Crippen MR) is 96.4 cm³/mol. The molecule has 0 saturated carbocycles. The minimum absolute atomic E-state index is 0.178. The van der Waals surface area contributed by atoms with Crippen LogP contribution in [0.2, 0.25) is 0 Å². The first kappa shape index (κ1) is 18.8. The molecule has 2 heterocycles. The maximum absolute atomic E-state index is 13.0. The molecule has 2 aliphatic heterocycles. The van der Waals surface area contributed by atoms with Crippen LogP contribution in [-0.4, -0.2) is 51.1 Å². The predicted octanol–water partition coefficient (Wildman–Crippen LogP) is 2.10. The van der Waals surface area contributed by atoms with Gasteiger partial charge in [-0.05, 0) is 17.5 Å². The smallest absolute Gasteiger partial charge is 0.352 e. The average molecular weight is 388 g/mol. The number of carboxylic acid groups (broad SMARTS) is 1. The molecule has 2 atom stereocenters. The molecule has 0 aliphatic carbocycles. The van der Waals surface area contributed by atoms with Crippen LogP contribution < -0.4 is 0 Å². The van der Waals surface area contributed by atoms with Crippen molar-refractivity contribution in [2.24, 2.45) is 5.11 Å². The van der Waals surface area contributed by atoms with E-state index in [1.807, 2.05) is 30.3 Å². The van der Waals surface area contributed by atoms with E-state index < -0.39 is 28.8 Å². The van der Waals surface area contributed by atoms with Crippen molar-refractivity contribution in [1.29, 1.82) is 0 Å². The van der Waals surface area contributed by atoms with E-state index in [4.69, 9.17) is 10.3 Å². The van der Waals surface area contributed by atoms with Gasteiger partial charge in [0.05, 0.1) is 0 Å². The van der Waals surface area contributed by atoms with Crippen molar-refractivity contribution in [2.45, 2.75) is 24.3 Å². The summed E-state index contributed by atoms with van der Waals surface area (Å²) in [5, 5.41) is 12.8. The second-order valence-corrected chi connectivity index (χ2v) is 7.22. The molecule has 1 amide bonds. The van der Waals surface area contributed by atoms with Crippen molar-refractivity contribution in [3.63, 3.8) is 0 Å². The van der Waals surface area contributed by atoms with Gasteiger partial charge in [0.15, 0.2) is 5.54 Å². The molecule has 1 saturated heterocycles. The summed E-state index contributed by atoms with van der Waals surface area (Å²) in [6.45, 7) is 1.02. The van der Waals surface area contributed by atoms with Crippen LogP contribution in [0.1, 0.15) is 12.5 Å². The van der Waals surface area contributed by atoms with E-state index in [1.165, 1.54) is 18.7 Å². The fourth-order valence-electron chi connectivity index (χ4n) is 3.25. The van der Waals surface area contributed by atoms with Crippen molar-refractivity contribution in [3.05, 3.63) is 57.6 Å². The van der Waals surface area contributed by atoms with Crippen LogP contribution >= 0.6 is 11.8 Å². The Morgan fingerprint density at radius 1 is 1.44 bits per heavy atom. The molecule has 1 unspecified atom stereocenters. The SMILES string of the molecule is CC(=O)OCC1=C(C(=O)O)N2C(=O)C(Cc3ccccc3)(N=[N+]=[N-])[C@H]2SC1. The number of hydrogen-bond donors (Lipinski definition) is 1. The number of rotatable bonds is 6. The van der Waals surface area contributed by atoms with Crippen LogP contribution in [0.25, 0.3) is 10.4 Å². The van der Waals surface area contributed by atoms with E-state index >= 15 is 0 Å². The zero-order valence-electron chi connectivity index (χ0n) is 14.4. The van der Waals surface area contributed by atoms with Gasteiger partial charge in [0.2, 0.25) is 5.91 Å². The molecule has 10 heteroatoms. The van der Waals surface area contributed by atoms with Gasteiger partial charge in [0, 0.05) is 23.2 Å². The highest BCUT2D eigenvalue weighted by Crippen LogP contribution is 2.49. The number of amides is 1. The molecule has 0 spiro atoms. The van der Waals surface area contributed by atoms with Crippen LogP contribution in [0.3, 0.4) is 0 Å². The van der Waals surface area contributed by atoms with Crippen LogP contribution in [0, 0.1) is 0 Å². The summed E-state index contributed by atoms with van der Waals surface area (Å²) in [6.07, 6.45) is 0.178. The molecule has 140 valence electrons. The molecule has 1 N–H and O–H groups in total. The Bertz CT molecular complexity index is 881. The Balaban J connectivity index is 1.96. The Morgan fingerprint density at radius 3 is 2.74 bits per heavy atom. The fraction of sp³-hybridized carbons (Fsp3) is 0.353. The molecular weight excluding hydrogens is 372 g/mol. The lowest BCUT2D eigenvalue weighted by Crippen LogP contribution is -2.73. The lowest BCUT2D eigenvalue weighted by Gasteiger charge is -2.55. The number of carbonyl (C=O) groups excluding carboxylic acids is 2. The largest absolute Gasteiger partial charge is 0.477 e. The summed E-state index contributed by atoms with van der Waals surface area (Å²) in [4.78, 5) is 39.7.